The van der Waals surface area contributed by atoms with Crippen molar-refractivity contribution >= 4 is 11.9 Å². The van der Waals surface area contributed by atoms with Crippen LogP contribution in [0.3, 0.4) is 0 Å². The fourth-order valence-corrected chi connectivity index (χ4v) is 4.00. The highest BCUT2D eigenvalue weighted by molar-refractivity contribution is 5.80. The average molecular weight is 382 g/mol. The summed E-state index contributed by atoms with van der Waals surface area (Å²) in [7, 11) is 0. The van der Waals surface area contributed by atoms with Crippen molar-refractivity contribution < 1.29 is 14.3 Å². The van der Waals surface area contributed by atoms with E-state index in [9.17, 15) is 4.79 Å². The van der Waals surface area contributed by atoms with Crippen LogP contribution in [0.4, 0.5) is 0 Å². The Balaban J connectivity index is 1.48. The summed E-state index contributed by atoms with van der Waals surface area (Å²) in [6.07, 6.45) is 2.60. The van der Waals surface area contributed by atoms with Crippen molar-refractivity contribution in [2.45, 2.75) is 38.9 Å². The minimum atomic E-state index is 0.143. The molecule has 0 aromatic rings. The van der Waals surface area contributed by atoms with Crippen LogP contribution in [0.1, 0.15) is 26.7 Å². The Morgan fingerprint density at radius 1 is 1.07 bits per heavy atom. The topological polar surface area (TPSA) is 69.6 Å². The normalized spacial score (nSPS) is 27.9. The number of nitrogens with one attached hydrogen (secondary N) is 1. The Bertz CT molecular complexity index is 502. The Morgan fingerprint density at radius 2 is 1.85 bits per heavy atom. The number of hydrogen-bond donors (Lipinski definition) is 1. The average Bonchev–Trinajstić information content (AvgIpc) is 3.23. The van der Waals surface area contributed by atoms with E-state index in [1.165, 1.54) is 0 Å². The van der Waals surface area contributed by atoms with Gasteiger partial charge in [-0.3, -0.25) is 14.7 Å². The molecule has 154 valence electrons. The number of carbonyl (C=O) groups is 1. The van der Waals surface area contributed by atoms with E-state index in [2.05, 4.69) is 22.0 Å². The number of guanidine groups is 1. The number of amides is 1. The Labute approximate surface area is 162 Å². The van der Waals surface area contributed by atoms with Crippen molar-refractivity contribution in [3.63, 3.8) is 0 Å². The van der Waals surface area contributed by atoms with Crippen LogP contribution in [-0.2, 0) is 14.3 Å². The van der Waals surface area contributed by atoms with Crippen LogP contribution >= 0.6 is 0 Å². The Kier molecular flexibility index (Phi) is 7.72. The van der Waals surface area contributed by atoms with Crippen LogP contribution in [0.2, 0.25) is 0 Å². The van der Waals surface area contributed by atoms with E-state index in [0.717, 1.165) is 90.9 Å². The highest BCUT2D eigenvalue weighted by atomic mass is 16.5. The fourth-order valence-electron chi connectivity index (χ4n) is 4.00. The number of aliphatic imine (C=N–C) groups is 1. The summed E-state index contributed by atoms with van der Waals surface area (Å²) in [6.45, 7) is 13.1. The lowest BCUT2D eigenvalue weighted by atomic mass is 10.1. The summed E-state index contributed by atoms with van der Waals surface area (Å²) in [5.74, 6) is 1.15. The molecule has 3 aliphatic rings. The first-order chi connectivity index (χ1) is 13.2. The molecule has 3 fully saturated rings. The Morgan fingerprint density at radius 3 is 2.52 bits per heavy atom. The molecule has 0 radical (unpaired) electrons. The largest absolute Gasteiger partial charge is 0.375 e. The molecule has 0 saturated carbocycles. The van der Waals surface area contributed by atoms with Crippen molar-refractivity contribution in [2.75, 3.05) is 72.1 Å². The zero-order valence-electron chi connectivity index (χ0n) is 16.9. The standard InChI is InChI=1S/C19H35N5O3/c1-3-20-19(21-6-7-22-8-10-23(11-9-22)16(2)25)24-12-14-27-18(15-24)17-5-4-13-26-17/h17-18H,3-15H2,1-2H3,(H,20,21). The molecule has 2 atom stereocenters. The first-order valence-electron chi connectivity index (χ1n) is 10.4. The van der Waals surface area contributed by atoms with Gasteiger partial charge in [0.1, 0.15) is 6.10 Å². The predicted octanol–water partition coefficient (Wildman–Crippen LogP) is -0.00420. The summed E-state index contributed by atoms with van der Waals surface area (Å²) >= 11 is 0. The first-order valence-corrected chi connectivity index (χ1v) is 10.4. The molecule has 0 aromatic carbocycles. The second kappa shape index (κ2) is 10.2. The van der Waals surface area contributed by atoms with Crippen LogP contribution in [0.15, 0.2) is 4.99 Å². The number of morpholine rings is 1. The van der Waals surface area contributed by atoms with Crippen LogP contribution in [0.5, 0.6) is 0 Å². The van der Waals surface area contributed by atoms with Crippen LogP contribution in [0.25, 0.3) is 0 Å². The summed E-state index contributed by atoms with van der Waals surface area (Å²) in [4.78, 5) is 22.9. The van der Waals surface area contributed by atoms with E-state index in [4.69, 9.17) is 14.5 Å². The molecule has 0 bridgehead atoms. The number of carbonyl (C=O) groups excluding carboxylic acids is 1. The van der Waals surface area contributed by atoms with Crippen LogP contribution in [-0.4, -0.2) is 111 Å². The molecule has 0 aromatic heterocycles. The third-order valence-electron chi connectivity index (χ3n) is 5.60. The number of hydrogen-bond acceptors (Lipinski definition) is 5. The molecule has 0 spiro atoms. The maximum Gasteiger partial charge on any atom is 0.219 e. The maximum atomic E-state index is 11.4. The lowest BCUT2D eigenvalue weighted by molar-refractivity contribution is -0.130. The molecule has 1 amide bonds. The van der Waals surface area contributed by atoms with Gasteiger partial charge in [0.05, 0.1) is 19.3 Å². The summed E-state index contributed by atoms with van der Waals surface area (Å²) in [5.41, 5.74) is 0. The van der Waals surface area contributed by atoms with Crippen LogP contribution in [0, 0.1) is 0 Å². The van der Waals surface area contributed by atoms with Gasteiger partial charge in [0.25, 0.3) is 0 Å². The zero-order valence-corrected chi connectivity index (χ0v) is 16.9. The molecule has 8 nitrogen and oxygen atoms in total. The van der Waals surface area contributed by atoms with E-state index < -0.39 is 0 Å². The molecule has 0 aliphatic carbocycles. The van der Waals surface area contributed by atoms with Gasteiger partial charge in [-0.1, -0.05) is 0 Å². The number of rotatable bonds is 5. The van der Waals surface area contributed by atoms with Crippen LogP contribution < -0.4 is 5.32 Å². The van der Waals surface area contributed by atoms with Gasteiger partial charge in [-0.25, -0.2) is 0 Å². The predicted molar refractivity (Wildman–Crippen MR) is 105 cm³/mol. The van der Waals surface area contributed by atoms with E-state index in [0.29, 0.717) is 0 Å². The number of piperazine rings is 1. The molecular formula is C19H35N5O3. The van der Waals surface area contributed by atoms with Gasteiger partial charge in [0.15, 0.2) is 5.96 Å². The smallest absolute Gasteiger partial charge is 0.219 e. The van der Waals surface area contributed by atoms with E-state index in [1.54, 1.807) is 6.92 Å². The second-order valence-corrected chi connectivity index (χ2v) is 7.49. The fraction of sp³-hybridized carbons (Fsp3) is 0.895. The number of nitrogens with zero attached hydrogens (tertiary/aromatic N) is 4. The highest BCUT2D eigenvalue weighted by Gasteiger charge is 2.32. The third-order valence-corrected chi connectivity index (χ3v) is 5.60. The summed E-state index contributed by atoms with van der Waals surface area (Å²) < 4.78 is 11.8. The maximum absolute atomic E-state index is 11.4. The van der Waals surface area contributed by atoms with Gasteiger partial charge in [0, 0.05) is 65.9 Å². The zero-order chi connectivity index (χ0) is 19.1. The molecule has 3 rings (SSSR count). The molecule has 3 saturated heterocycles. The minimum absolute atomic E-state index is 0.143. The molecule has 8 heteroatoms. The van der Waals surface area contributed by atoms with Gasteiger partial charge in [-0.05, 0) is 19.8 Å². The van der Waals surface area contributed by atoms with E-state index in [1.807, 2.05) is 4.90 Å². The van der Waals surface area contributed by atoms with Gasteiger partial charge in [0.2, 0.25) is 5.91 Å². The molecule has 1 N–H and O–H groups in total. The minimum Gasteiger partial charge on any atom is -0.375 e. The lowest BCUT2D eigenvalue weighted by Crippen LogP contribution is -2.53. The van der Waals surface area contributed by atoms with Crippen molar-refractivity contribution in [1.82, 2.24) is 20.0 Å². The van der Waals surface area contributed by atoms with Gasteiger partial charge in [-0.15, -0.1) is 0 Å². The van der Waals surface area contributed by atoms with Gasteiger partial charge >= 0.3 is 0 Å². The van der Waals surface area contributed by atoms with Crippen molar-refractivity contribution in [3.8, 4) is 0 Å². The highest BCUT2D eigenvalue weighted by Crippen LogP contribution is 2.21. The molecule has 3 aliphatic heterocycles. The molecule has 3 heterocycles. The lowest BCUT2D eigenvalue weighted by Gasteiger charge is -2.37. The molecule has 2 unspecified atom stereocenters. The van der Waals surface area contributed by atoms with E-state index in [-0.39, 0.29) is 18.1 Å². The second-order valence-electron chi connectivity index (χ2n) is 7.49. The van der Waals surface area contributed by atoms with Crippen molar-refractivity contribution in [3.05, 3.63) is 0 Å². The molecular weight excluding hydrogens is 346 g/mol. The van der Waals surface area contributed by atoms with Gasteiger partial charge in [-0.2, -0.15) is 0 Å². The van der Waals surface area contributed by atoms with Crippen molar-refractivity contribution in [2.24, 2.45) is 4.99 Å². The first kappa shape index (κ1) is 20.4. The molecule has 27 heavy (non-hydrogen) atoms. The Hall–Kier alpha value is -1.38. The summed E-state index contributed by atoms with van der Waals surface area (Å²) in [5, 5.41) is 3.43. The quantitative estimate of drug-likeness (QED) is 0.534. The van der Waals surface area contributed by atoms with E-state index >= 15 is 0 Å². The van der Waals surface area contributed by atoms with Gasteiger partial charge < -0.3 is 24.6 Å². The summed E-state index contributed by atoms with van der Waals surface area (Å²) in [6, 6.07) is 0. The number of ether oxygens (including phenoxy) is 2. The van der Waals surface area contributed by atoms with Crippen molar-refractivity contribution in [1.29, 1.82) is 0 Å². The third kappa shape index (κ3) is 5.80. The monoisotopic (exact) mass is 381 g/mol. The SMILES string of the molecule is CCNC(=NCCN1CCN(C(C)=O)CC1)N1CCOC(C2CCCO2)C1.